The summed E-state index contributed by atoms with van der Waals surface area (Å²) >= 11 is 5.84. The van der Waals surface area contributed by atoms with Crippen molar-refractivity contribution in [1.82, 2.24) is 4.90 Å². The highest BCUT2D eigenvalue weighted by Crippen LogP contribution is 2.28. The van der Waals surface area contributed by atoms with Crippen molar-refractivity contribution >= 4 is 35.0 Å². The highest BCUT2D eigenvalue weighted by atomic mass is 35.5. The first-order valence-electron chi connectivity index (χ1n) is 7.06. The number of benzene rings is 2. The zero-order valence-corrected chi connectivity index (χ0v) is 13.7. The third-order valence-electron chi connectivity index (χ3n) is 3.30. The van der Waals surface area contributed by atoms with Crippen LogP contribution in [-0.2, 0) is 0 Å². The molecule has 0 saturated heterocycles. The maximum absolute atomic E-state index is 14.2. The van der Waals surface area contributed by atoms with E-state index < -0.39 is 0 Å². The minimum Gasteiger partial charge on any atom is -0.366 e. The smallest absolute Gasteiger partial charge is 0.148 e. The van der Waals surface area contributed by atoms with Crippen LogP contribution in [0.1, 0.15) is 12.5 Å². The summed E-state index contributed by atoms with van der Waals surface area (Å²) in [4.78, 5) is 6.24. The molecule has 3 nitrogen and oxygen atoms in total. The largest absolute Gasteiger partial charge is 0.366 e. The SMILES string of the molecule is CCN(C)/C=N\c1cc(F)c(Nc2ccc(Cl)cc2)cc1C. The summed E-state index contributed by atoms with van der Waals surface area (Å²) in [6, 6.07) is 10.3. The number of hydrogen-bond donors (Lipinski definition) is 1. The molecule has 2 aromatic carbocycles. The number of hydrogen-bond acceptors (Lipinski definition) is 2. The summed E-state index contributed by atoms with van der Waals surface area (Å²) in [5, 5.41) is 3.69. The van der Waals surface area contributed by atoms with E-state index >= 15 is 0 Å². The highest BCUT2D eigenvalue weighted by molar-refractivity contribution is 6.30. The van der Waals surface area contributed by atoms with Crippen molar-refractivity contribution in [1.29, 1.82) is 0 Å². The Hall–Kier alpha value is -2.07. The van der Waals surface area contributed by atoms with Gasteiger partial charge in [0.05, 0.1) is 17.7 Å². The van der Waals surface area contributed by atoms with Crippen LogP contribution >= 0.6 is 11.6 Å². The van der Waals surface area contributed by atoms with Crippen LogP contribution in [0.3, 0.4) is 0 Å². The lowest BCUT2D eigenvalue weighted by Gasteiger charge is -2.12. The zero-order valence-electron chi connectivity index (χ0n) is 12.9. The van der Waals surface area contributed by atoms with Crippen LogP contribution < -0.4 is 5.32 Å². The van der Waals surface area contributed by atoms with Crippen molar-refractivity contribution in [3.8, 4) is 0 Å². The van der Waals surface area contributed by atoms with Crippen molar-refractivity contribution in [3.63, 3.8) is 0 Å². The molecular weight excluding hydrogens is 301 g/mol. The van der Waals surface area contributed by atoms with Crippen molar-refractivity contribution < 1.29 is 4.39 Å². The standard InChI is InChI=1S/C17H19ClFN3/c1-4-22(3)11-20-16-10-15(19)17(9-12(16)2)21-14-7-5-13(18)6-8-14/h5-11,21H,4H2,1-3H3/b20-11-. The third-order valence-corrected chi connectivity index (χ3v) is 3.55. The number of halogens is 2. The predicted octanol–water partition coefficient (Wildman–Crippen LogP) is 5.14. The molecule has 116 valence electrons. The van der Waals surface area contributed by atoms with Gasteiger partial charge in [0.25, 0.3) is 0 Å². The highest BCUT2D eigenvalue weighted by Gasteiger charge is 2.07. The number of rotatable bonds is 5. The summed E-state index contributed by atoms with van der Waals surface area (Å²) in [7, 11) is 1.92. The van der Waals surface area contributed by atoms with Gasteiger partial charge in [-0.2, -0.15) is 0 Å². The van der Waals surface area contributed by atoms with E-state index in [9.17, 15) is 4.39 Å². The second kappa shape index (κ2) is 7.27. The molecule has 0 fully saturated rings. The number of anilines is 2. The molecule has 0 atom stereocenters. The predicted molar refractivity (Wildman–Crippen MR) is 92.3 cm³/mol. The van der Waals surface area contributed by atoms with Crippen molar-refractivity contribution in [3.05, 3.63) is 52.8 Å². The normalized spacial score (nSPS) is 11.0. The quantitative estimate of drug-likeness (QED) is 0.610. The first-order valence-corrected chi connectivity index (χ1v) is 7.44. The van der Waals surface area contributed by atoms with Crippen LogP contribution in [0.4, 0.5) is 21.5 Å². The molecule has 0 bridgehead atoms. The fraction of sp³-hybridized carbons (Fsp3) is 0.235. The fourth-order valence-corrected chi connectivity index (χ4v) is 1.96. The summed E-state index contributed by atoms with van der Waals surface area (Å²) in [5.74, 6) is -0.341. The third kappa shape index (κ3) is 4.21. The van der Waals surface area contributed by atoms with Gasteiger partial charge >= 0.3 is 0 Å². The van der Waals surface area contributed by atoms with E-state index in [2.05, 4.69) is 10.3 Å². The Morgan fingerprint density at radius 1 is 1.27 bits per heavy atom. The van der Waals surface area contributed by atoms with E-state index in [1.807, 2.05) is 25.8 Å². The molecule has 0 saturated carbocycles. The first kappa shape index (κ1) is 16.3. The molecule has 0 heterocycles. The van der Waals surface area contributed by atoms with Gasteiger partial charge in [0.15, 0.2) is 0 Å². The van der Waals surface area contributed by atoms with Gasteiger partial charge in [-0.15, -0.1) is 0 Å². The van der Waals surface area contributed by atoms with E-state index in [1.165, 1.54) is 6.07 Å². The lowest BCUT2D eigenvalue weighted by atomic mass is 10.1. The van der Waals surface area contributed by atoms with Gasteiger partial charge in [0.2, 0.25) is 0 Å². The molecule has 0 unspecified atom stereocenters. The van der Waals surface area contributed by atoms with Gasteiger partial charge in [-0.3, -0.25) is 0 Å². The van der Waals surface area contributed by atoms with Crippen molar-refractivity contribution in [2.24, 2.45) is 4.99 Å². The van der Waals surface area contributed by atoms with E-state index in [4.69, 9.17) is 11.6 Å². The molecule has 0 aromatic heterocycles. The van der Waals surface area contributed by atoms with Gasteiger partial charge in [0.1, 0.15) is 5.82 Å². The van der Waals surface area contributed by atoms with Crippen molar-refractivity contribution in [2.45, 2.75) is 13.8 Å². The maximum atomic E-state index is 14.2. The average Bonchev–Trinajstić information content (AvgIpc) is 2.51. The average molecular weight is 320 g/mol. The van der Waals surface area contributed by atoms with E-state index in [0.29, 0.717) is 16.4 Å². The molecule has 0 aliphatic heterocycles. The molecule has 0 radical (unpaired) electrons. The van der Waals surface area contributed by atoms with Gasteiger partial charge in [-0.1, -0.05) is 11.6 Å². The summed E-state index contributed by atoms with van der Waals surface area (Å²) in [6.45, 7) is 4.78. The Bertz CT molecular complexity index is 668. The minimum atomic E-state index is -0.341. The summed E-state index contributed by atoms with van der Waals surface area (Å²) in [6.07, 6.45) is 1.70. The number of aliphatic imine (C=N–C) groups is 1. The Morgan fingerprint density at radius 2 is 1.95 bits per heavy atom. The monoisotopic (exact) mass is 319 g/mol. The Morgan fingerprint density at radius 3 is 2.59 bits per heavy atom. The van der Waals surface area contributed by atoms with E-state index in [0.717, 1.165) is 17.8 Å². The van der Waals surface area contributed by atoms with E-state index in [1.54, 1.807) is 36.7 Å². The Balaban J connectivity index is 2.22. The zero-order chi connectivity index (χ0) is 16.1. The maximum Gasteiger partial charge on any atom is 0.148 e. The van der Waals surface area contributed by atoms with Crippen LogP contribution in [0, 0.1) is 12.7 Å². The molecule has 2 aromatic rings. The minimum absolute atomic E-state index is 0.341. The van der Waals surface area contributed by atoms with Gasteiger partial charge in [-0.05, 0) is 49.7 Å². The molecule has 5 heteroatoms. The number of nitrogens with one attached hydrogen (secondary N) is 1. The van der Waals surface area contributed by atoms with Crippen LogP contribution in [-0.4, -0.2) is 24.8 Å². The number of aryl methyl sites for hydroxylation is 1. The van der Waals surface area contributed by atoms with E-state index in [-0.39, 0.29) is 5.82 Å². The van der Waals surface area contributed by atoms with Crippen LogP contribution in [0.2, 0.25) is 5.02 Å². The topological polar surface area (TPSA) is 27.6 Å². The molecule has 1 N–H and O–H groups in total. The van der Waals surface area contributed by atoms with Gasteiger partial charge in [0, 0.05) is 30.4 Å². The Kier molecular flexibility index (Phi) is 5.39. The summed E-state index contributed by atoms with van der Waals surface area (Å²) < 4.78 is 14.2. The first-order chi connectivity index (χ1) is 10.5. The van der Waals surface area contributed by atoms with Gasteiger partial charge < -0.3 is 10.2 Å². The van der Waals surface area contributed by atoms with Crippen LogP contribution in [0.15, 0.2) is 41.4 Å². The van der Waals surface area contributed by atoms with Crippen LogP contribution in [0.5, 0.6) is 0 Å². The second-order valence-corrected chi connectivity index (χ2v) is 5.50. The molecule has 2 rings (SSSR count). The van der Waals surface area contributed by atoms with Crippen molar-refractivity contribution in [2.75, 3.05) is 18.9 Å². The fourth-order valence-electron chi connectivity index (χ4n) is 1.84. The summed E-state index contributed by atoms with van der Waals surface area (Å²) in [5.41, 5.74) is 2.73. The van der Waals surface area contributed by atoms with Gasteiger partial charge in [-0.25, -0.2) is 9.38 Å². The molecule has 0 amide bonds. The molecule has 0 aliphatic rings. The number of nitrogens with zero attached hydrogens (tertiary/aromatic N) is 2. The molecule has 0 aliphatic carbocycles. The lowest BCUT2D eigenvalue weighted by Crippen LogP contribution is -2.14. The molecular formula is C17H19ClFN3. The lowest BCUT2D eigenvalue weighted by molar-refractivity contribution is 0.552. The van der Waals surface area contributed by atoms with Crippen LogP contribution in [0.25, 0.3) is 0 Å². The Labute approximate surface area is 135 Å². The molecule has 0 spiro atoms. The second-order valence-electron chi connectivity index (χ2n) is 5.07. The molecule has 22 heavy (non-hydrogen) atoms.